The third-order valence-electron chi connectivity index (χ3n) is 2.16. The molecule has 0 spiro atoms. The monoisotopic (exact) mass is 282 g/mol. The molecule has 0 radical (unpaired) electrons. The molecule has 0 heterocycles. The van der Waals surface area contributed by atoms with Crippen LogP contribution in [0.5, 0.6) is 0 Å². The summed E-state index contributed by atoms with van der Waals surface area (Å²) in [7, 11) is 0. The summed E-state index contributed by atoms with van der Waals surface area (Å²) >= 11 is 4.05. The van der Waals surface area contributed by atoms with Gasteiger partial charge in [0.1, 0.15) is 6.61 Å². The summed E-state index contributed by atoms with van der Waals surface area (Å²) in [6, 6.07) is 5.82. The molecule has 0 aliphatic rings. The molecule has 0 aromatic heterocycles. The minimum Gasteiger partial charge on any atom is -0.445 e. The molecule has 1 rings (SSSR count). The summed E-state index contributed by atoms with van der Waals surface area (Å²) in [5.41, 5.74) is 0.685. The van der Waals surface area contributed by atoms with Gasteiger partial charge in [0.15, 0.2) is 0 Å². The summed E-state index contributed by atoms with van der Waals surface area (Å²) in [6.07, 6.45) is 1.18. The zero-order chi connectivity index (χ0) is 14.3. The van der Waals surface area contributed by atoms with Gasteiger partial charge in [0.2, 0.25) is 0 Å². The number of thiol groups is 1. The van der Waals surface area contributed by atoms with Crippen LogP contribution in [0.4, 0.5) is 10.5 Å². The van der Waals surface area contributed by atoms with Crippen molar-refractivity contribution in [2.45, 2.75) is 13.5 Å². The van der Waals surface area contributed by atoms with Gasteiger partial charge in [-0.2, -0.15) is 0 Å². The van der Waals surface area contributed by atoms with Crippen molar-refractivity contribution in [1.82, 2.24) is 5.32 Å². The van der Waals surface area contributed by atoms with Crippen molar-refractivity contribution in [2.24, 2.45) is 0 Å². The van der Waals surface area contributed by atoms with Gasteiger partial charge < -0.3 is 10.1 Å². The van der Waals surface area contributed by atoms with Gasteiger partial charge in [0.25, 0.3) is 5.69 Å². The maximum atomic E-state index is 11.3. The number of carbonyl (C=O) groups is 1. The molecule has 6 nitrogen and oxygen atoms in total. The van der Waals surface area contributed by atoms with Crippen molar-refractivity contribution in [2.75, 3.05) is 6.54 Å². The molecule has 0 fully saturated rings. The second kappa shape index (κ2) is 7.42. The zero-order valence-corrected chi connectivity index (χ0v) is 11.2. The number of amides is 1. The highest BCUT2D eigenvalue weighted by Gasteiger charge is 2.05. The average molecular weight is 282 g/mol. The molecule has 0 aliphatic heterocycles. The van der Waals surface area contributed by atoms with Crippen LogP contribution in [0.2, 0.25) is 0 Å². The number of alkyl carbamates (subject to hydrolysis) is 1. The van der Waals surface area contributed by atoms with Crippen molar-refractivity contribution < 1.29 is 14.5 Å². The molecule has 1 aromatic carbocycles. The quantitative estimate of drug-likeness (QED) is 0.494. The first-order valence-corrected chi connectivity index (χ1v) is 5.93. The summed E-state index contributed by atoms with van der Waals surface area (Å²) in [6.45, 7) is 2.20. The maximum Gasteiger partial charge on any atom is 0.407 e. The number of hydrogen-bond acceptors (Lipinski definition) is 5. The van der Waals surface area contributed by atoms with Crippen molar-refractivity contribution in [1.29, 1.82) is 0 Å². The Hall–Kier alpha value is -2.02. The zero-order valence-electron chi connectivity index (χ0n) is 10.3. The molecule has 0 unspecified atom stereocenters. The van der Waals surface area contributed by atoms with E-state index in [4.69, 9.17) is 4.74 Å². The van der Waals surface area contributed by atoms with Crippen LogP contribution in [-0.4, -0.2) is 17.6 Å². The second-order valence-corrected chi connectivity index (χ2v) is 4.43. The molecule has 1 aromatic rings. The van der Waals surface area contributed by atoms with Crippen LogP contribution in [0.25, 0.3) is 0 Å². The predicted octanol–water partition coefficient (Wildman–Crippen LogP) is 2.65. The van der Waals surface area contributed by atoms with E-state index >= 15 is 0 Å². The normalized spacial score (nSPS) is 10.9. The first kappa shape index (κ1) is 15.0. The minimum atomic E-state index is -0.552. The lowest BCUT2D eigenvalue weighted by molar-refractivity contribution is -0.384. The van der Waals surface area contributed by atoms with Gasteiger partial charge in [-0.05, 0) is 29.5 Å². The summed E-state index contributed by atoms with van der Waals surface area (Å²) in [5.74, 6) is 0. The Labute approximate surface area is 116 Å². The van der Waals surface area contributed by atoms with Crippen LogP contribution < -0.4 is 5.32 Å². The van der Waals surface area contributed by atoms with E-state index in [1.54, 1.807) is 25.1 Å². The Morgan fingerprint density at radius 2 is 2.11 bits per heavy atom. The first-order valence-electron chi connectivity index (χ1n) is 5.48. The average Bonchev–Trinajstić information content (AvgIpc) is 2.36. The van der Waals surface area contributed by atoms with Crippen LogP contribution in [0, 0.1) is 10.1 Å². The van der Waals surface area contributed by atoms with E-state index in [0.29, 0.717) is 12.1 Å². The van der Waals surface area contributed by atoms with Crippen molar-refractivity contribution >= 4 is 24.4 Å². The van der Waals surface area contributed by atoms with E-state index in [0.717, 1.165) is 4.91 Å². The number of nitrogens with one attached hydrogen (secondary N) is 1. The summed E-state index contributed by atoms with van der Waals surface area (Å²) in [4.78, 5) is 22.0. The van der Waals surface area contributed by atoms with E-state index in [9.17, 15) is 14.9 Å². The van der Waals surface area contributed by atoms with Gasteiger partial charge in [0, 0.05) is 18.7 Å². The number of benzene rings is 1. The molecule has 19 heavy (non-hydrogen) atoms. The van der Waals surface area contributed by atoms with Crippen molar-refractivity contribution in [3.63, 3.8) is 0 Å². The van der Waals surface area contributed by atoms with Gasteiger partial charge in [-0.3, -0.25) is 10.1 Å². The van der Waals surface area contributed by atoms with Gasteiger partial charge in [-0.25, -0.2) is 4.79 Å². The largest absolute Gasteiger partial charge is 0.445 e. The number of carbonyl (C=O) groups excluding carboxylic acids is 1. The molecule has 0 bridgehead atoms. The van der Waals surface area contributed by atoms with E-state index in [-0.39, 0.29) is 12.3 Å². The van der Waals surface area contributed by atoms with Crippen LogP contribution >= 0.6 is 12.6 Å². The molecular weight excluding hydrogens is 268 g/mol. The number of nitro benzene ring substituents is 1. The Bertz CT molecular complexity index is 481. The minimum absolute atomic E-state index is 0.00240. The van der Waals surface area contributed by atoms with Gasteiger partial charge in [-0.15, -0.1) is 12.6 Å². The summed E-state index contributed by atoms with van der Waals surface area (Å²) in [5, 5.41) is 13.0. The van der Waals surface area contributed by atoms with Crippen LogP contribution in [-0.2, 0) is 11.3 Å². The van der Waals surface area contributed by atoms with E-state index in [1.807, 2.05) is 0 Å². The number of hydrogen-bond donors (Lipinski definition) is 2. The lowest BCUT2D eigenvalue weighted by Crippen LogP contribution is -2.24. The molecule has 1 N–H and O–H groups in total. The molecule has 7 heteroatoms. The van der Waals surface area contributed by atoms with Crippen LogP contribution in [0.1, 0.15) is 12.5 Å². The number of ether oxygens (including phenoxy) is 1. The third kappa shape index (κ3) is 5.91. The second-order valence-electron chi connectivity index (χ2n) is 3.73. The maximum absolute atomic E-state index is 11.3. The molecule has 0 saturated heterocycles. The molecule has 102 valence electrons. The van der Waals surface area contributed by atoms with Crippen LogP contribution in [0.15, 0.2) is 35.2 Å². The highest BCUT2D eigenvalue weighted by molar-refractivity contribution is 7.84. The number of rotatable bonds is 5. The SMILES string of the molecule is C/C(S)=C\CNC(=O)OCc1ccc([N+](=O)[O-])cc1. The predicted molar refractivity (Wildman–Crippen MR) is 74.0 cm³/mol. The van der Waals surface area contributed by atoms with Gasteiger partial charge in [0.05, 0.1) is 4.92 Å². The highest BCUT2D eigenvalue weighted by Crippen LogP contribution is 2.12. The molecule has 0 aliphatic carbocycles. The standard InChI is InChI=1S/C12H14N2O4S/c1-9(19)6-7-13-12(15)18-8-10-2-4-11(5-3-10)14(16)17/h2-6,19H,7-8H2,1H3,(H,13,15)/b9-6+. The molecule has 0 saturated carbocycles. The lowest BCUT2D eigenvalue weighted by Gasteiger charge is -2.05. The fourth-order valence-corrected chi connectivity index (χ4v) is 1.29. The number of nitrogens with zero attached hydrogens (tertiary/aromatic N) is 1. The molecular formula is C12H14N2O4S. The van der Waals surface area contributed by atoms with Crippen molar-refractivity contribution in [3.8, 4) is 0 Å². The van der Waals surface area contributed by atoms with Crippen molar-refractivity contribution in [3.05, 3.63) is 50.9 Å². The first-order chi connectivity index (χ1) is 8.99. The van der Waals surface area contributed by atoms with E-state index < -0.39 is 11.0 Å². The van der Waals surface area contributed by atoms with E-state index in [2.05, 4.69) is 17.9 Å². The third-order valence-corrected chi connectivity index (χ3v) is 2.34. The molecule has 1 amide bonds. The number of nitro groups is 1. The summed E-state index contributed by atoms with van der Waals surface area (Å²) < 4.78 is 4.94. The Balaban J connectivity index is 2.38. The number of non-ortho nitro benzene ring substituents is 1. The van der Waals surface area contributed by atoms with E-state index in [1.165, 1.54) is 12.1 Å². The lowest BCUT2D eigenvalue weighted by atomic mass is 10.2. The molecule has 0 atom stereocenters. The Kier molecular flexibility index (Phi) is 5.87. The van der Waals surface area contributed by atoms with Gasteiger partial charge >= 0.3 is 6.09 Å². The Morgan fingerprint density at radius 1 is 1.47 bits per heavy atom. The number of allylic oxidation sites excluding steroid dienone is 1. The fourth-order valence-electron chi connectivity index (χ4n) is 1.20. The van der Waals surface area contributed by atoms with Gasteiger partial charge in [-0.1, -0.05) is 6.08 Å². The Morgan fingerprint density at radius 3 is 2.63 bits per heavy atom. The highest BCUT2D eigenvalue weighted by atomic mass is 32.1. The topological polar surface area (TPSA) is 81.5 Å². The fraction of sp³-hybridized carbons (Fsp3) is 0.250. The van der Waals surface area contributed by atoms with Crippen LogP contribution in [0.3, 0.4) is 0 Å². The smallest absolute Gasteiger partial charge is 0.407 e.